The molecule has 3 heterocycles. The fourth-order valence-electron chi connectivity index (χ4n) is 5.05. The first-order valence-electron chi connectivity index (χ1n) is 11.6. The van der Waals surface area contributed by atoms with Crippen molar-refractivity contribution in [3.05, 3.63) is 11.4 Å². The highest BCUT2D eigenvalue weighted by Crippen LogP contribution is 2.24. The van der Waals surface area contributed by atoms with Crippen LogP contribution in [0.15, 0.2) is 11.4 Å². The second-order valence-corrected chi connectivity index (χ2v) is 9.29. The van der Waals surface area contributed by atoms with E-state index in [4.69, 9.17) is 0 Å². The van der Waals surface area contributed by atoms with E-state index in [2.05, 4.69) is 46.0 Å². The molecule has 0 aromatic rings. The number of allylic oxidation sites excluding steroid dienone is 1. The van der Waals surface area contributed by atoms with Gasteiger partial charge in [-0.15, -0.1) is 0 Å². The van der Waals surface area contributed by atoms with Crippen LogP contribution in [0.1, 0.15) is 58.8 Å². The van der Waals surface area contributed by atoms with Crippen LogP contribution in [-0.4, -0.2) is 72.6 Å². The maximum atomic E-state index is 9.53. The second-order valence-electron chi connectivity index (χ2n) is 9.29. The van der Waals surface area contributed by atoms with Crippen molar-refractivity contribution >= 4 is 0 Å². The van der Waals surface area contributed by atoms with E-state index in [0.717, 1.165) is 63.6 Å². The highest BCUT2D eigenvalue weighted by atomic mass is 15.3. The van der Waals surface area contributed by atoms with E-state index >= 15 is 0 Å². The van der Waals surface area contributed by atoms with E-state index in [0.29, 0.717) is 12.1 Å². The Balaban J connectivity index is 1.55. The summed E-state index contributed by atoms with van der Waals surface area (Å²) in [6.07, 6.45) is 8.51. The number of nitrogens with zero attached hydrogens (tertiary/aromatic N) is 5. The predicted octanol–water partition coefficient (Wildman–Crippen LogP) is 2.91. The van der Waals surface area contributed by atoms with Crippen molar-refractivity contribution in [2.45, 2.75) is 70.9 Å². The van der Waals surface area contributed by atoms with Crippen LogP contribution in [0.5, 0.6) is 0 Å². The molecule has 0 amide bonds. The molecule has 29 heavy (non-hydrogen) atoms. The van der Waals surface area contributed by atoms with E-state index in [1.807, 2.05) is 0 Å². The zero-order valence-electron chi connectivity index (χ0n) is 18.4. The third-order valence-corrected chi connectivity index (χ3v) is 6.96. The minimum Gasteiger partial charge on any atom is -0.367 e. The van der Waals surface area contributed by atoms with Crippen LogP contribution in [0.2, 0.25) is 0 Å². The number of hydrogen-bond donors (Lipinski definition) is 1. The molecule has 0 atom stereocenters. The Morgan fingerprint density at radius 3 is 2.07 bits per heavy atom. The third-order valence-electron chi connectivity index (χ3n) is 6.96. The van der Waals surface area contributed by atoms with Gasteiger partial charge >= 0.3 is 0 Å². The number of nitriles is 2. The van der Waals surface area contributed by atoms with Crippen molar-refractivity contribution in [1.29, 1.82) is 10.5 Å². The van der Waals surface area contributed by atoms with Gasteiger partial charge in [0.05, 0.1) is 0 Å². The van der Waals surface area contributed by atoms with Crippen LogP contribution in [0, 0.1) is 28.6 Å². The van der Waals surface area contributed by atoms with Crippen molar-refractivity contribution in [2.24, 2.45) is 5.92 Å². The molecule has 160 valence electrons. The molecule has 0 aromatic heterocycles. The molecule has 3 fully saturated rings. The largest absolute Gasteiger partial charge is 0.367 e. The van der Waals surface area contributed by atoms with E-state index in [1.165, 1.54) is 38.9 Å². The van der Waals surface area contributed by atoms with Gasteiger partial charge in [0, 0.05) is 44.8 Å². The van der Waals surface area contributed by atoms with Gasteiger partial charge in [-0.2, -0.15) is 10.5 Å². The normalized spacial score (nSPS) is 22.9. The summed E-state index contributed by atoms with van der Waals surface area (Å²) in [7, 11) is 0. The lowest BCUT2D eigenvalue weighted by atomic mass is 9.95. The van der Waals surface area contributed by atoms with Crippen LogP contribution in [0.4, 0.5) is 0 Å². The monoisotopic (exact) mass is 398 g/mol. The number of likely N-dealkylation sites (tertiary alicyclic amines) is 3. The van der Waals surface area contributed by atoms with Gasteiger partial charge in [-0.25, -0.2) is 0 Å². The number of hydrogen-bond acceptors (Lipinski definition) is 6. The summed E-state index contributed by atoms with van der Waals surface area (Å²) in [5.74, 6) is 1.53. The third kappa shape index (κ3) is 6.11. The standard InChI is InChI=1S/C23H38N6/c1-19(2)28-14-8-22(9-15-28)26-23(21(16-24)17-25)29-12-6-20(7-13-29)18-27-10-4-3-5-11-27/h19-20,22,26H,3-15,18H2,1-2H3. The SMILES string of the molecule is CC(C)N1CCC(NC(=C(C#N)C#N)N2CCC(CN3CCCCC3)CC2)CC1. The van der Waals surface area contributed by atoms with Crippen molar-refractivity contribution in [2.75, 3.05) is 45.8 Å². The molecule has 3 aliphatic rings. The Hall–Kier alpha value is -1.76. The minimum absolute atomic E-state index is 0.241. The summed E-state index contributed by atoms with van der Waals surface area (Å²) >= 11 is 0. The van der Waals surface area contributed by atoms with Gasteiger partial charge in [-0.1, -0.05) is 6.42 Å². The lowest BCUT2D eigenvalue weighted by molar-refractivity contribution is 0.134. The van der Waals surface area contributed by atoms with Crippen LogP contribution in [0.3, 0.4) is 0 Å². The molecule has 3 aliphatic heterocycles. The zero-order valence-corrected chi connectivity index (χ0v) is 18.4. The highest BCUT2D eigenvalue weighted by molar-refractivity contribution is 5.39. The fourth-order valence-corrected chi connectivity index (χ4v) is 5.05. The predicted molar refractivity (Wildman–Crippen MR) is 116 cm³/mol. The van der Waals surface area contributed by atoms with Crippen molar-refractivity contribution in [3.63, 3.8) is 0 Å². The van der Waals surface area contributed by atoms with E-state index in [-0.39, 0.29) is 5.57 Å². The molecule has 0 spiro atoms. The molecule has 0 aliphatic carbocycles. The van der Waals surface area contributed by atoms with Crippen molar-refractivity contribution in [3.8, 4) is 12.1 Å². The first-order valence-corrected chi connectivity index (χ1v) is 11.6. The first-order chi connectivity index (χ1) is 14.1. The van der Waals surface area contributed by atoms with E-state index < -0.39 is 0 Å². The Morgan fingerprint density at radius 2 is 1.52 bits per heavy atom. The molecule has 3 saturated heterocycles. The van der Waals surface area contributed by atoms with E-state index in [9.17, 15) is 10.5 Å². The summed E-state index contributed by atoms with van der Waals surface area (Å²) in [4.78, 5) is 7.41. The molecule has 1 N–H and O–H groups in total. The fraction of sp³-hybridized carbons (Fsp3) is 0.826. The molecule has 6 nitrogen and oxygen atoms in total. The topological polar surface area (TPSA) is 69.3 Å². The Kier molecular flexibility index (Phi) is 8.21. The Bertz CT molecular complexity index is 605. The number of rotatable bonds is 6. The average molecular weight is 399 g/mol. The maximum Gasteiger partial charge on any atom is 0.169 e. The smallest absolute Gasteiger partial charge is 0.169 e. The summed E-state index contributed by atoms with van der Waals surface area (Å²) in [6, 6.07) is 5.21. The summed E-state index contributed by atoms with van der Waals surface area (Å²) in [5.41, 5.74) is 0.241. The van der Waals surface area contributed by atoms with Gasteiger partial charge in [0.2, 0.25) is 0 Å². The lowest BCUT2D eigenvalue weighted by Crippen LogP contribution is -2.48. The van der Waals surface area contributed by atoms with Crippen LogP contribution < -0.4 is 5.32 Å². The van der Waals surface area contributed by atoms with Gasteiger partial charge in [0.15, 0.2) is 5.57 Å². The van der Waals surface area contributed by atoms with Crippen LogP contribution in [-0.2, 0) is 0 Å². The lowest BCUT2D eigenvalue weighted by Gasteiger charge is -2.40. The molecule has 0 unspecified atom stereocenters. The van der Waals surface area contributed by atoms with E-state index in [1.54, 1.807) is 0 Å². The quantitative estimate of drug-likeness (QED) is 0.694. The highest BCUT2D eigenvalue weighted by Gasteiger charge is 2.28. The molecule has 0 radical (unpaired) electrons. The van der Waals surface area contributed by atoms with Gasteiger partial charge in [0.25, 0.3) is 0 Å². The second kappa shape index (κ2) is 10.9. The summed E-state index contributed by atoms with van der Waals surface area (Å²) in [5, 5.41) is 22.7. The van der Waals surface area contributed by atoms with Crippen LogP contribution >= 0.6 is 0 Å². The molecule has 0 bridgehead atoms. The number of nitrogens with one attached hydrogen (secondary N) is 1. The molecule has 6 heteroatoms. The van der Waals surface area contributed by atoms with Gasteiger partial charge in [0.1, 0.15) is 18.0 Å². The molecule has 0 aromatic carbocycles. The summed E-state index contributed by atoms with van der Waals surface area (Å²) < 4.78 is 0. The zero-order chi connectivity index (χ0) is 20.6. The van der Waals surface area contributed by atoms with Gasteiger partial charge in [-0.05, 0) is 71.4 Å². The summed E-state index contributed by atoms with van der Waals surface area (Å²) in [6.45, 7) is 12.3. The average Bonchev–Trinajstić information content (AvgIpc) is 2.75. The van der Waals surface area contributed by atoms with Crippen molar-refractivity contribution in [1.82, 2.24) is 20.0 Å². The van der Waals surface area contributed by atoms with Gasteiger partial charge in [-0.3, -0.25) is 0 Å². The molecule has 0 saturated carbocycles. The first kappa shape index (κ1) is 21.9. The molecule has 3 rings (SSSR count). The molecular weight excluding hydrogens is 360 g/mol. The Morgan fingerprint density at radius 1 is 0.897 bits per heavy atom. The minimum atomic E-state index is 0.241. The van der Waals surface area contributed by atoms with Crippen molar-refractivity contribution < 1.29 is 0 Å². The van der Waals surface area contributed by atoms with Gasteiger partial charge < -0.3 is 20.0 Å². The maximum absolute atomic E-state index is 9.53. The molecular formula is C23H38N6. The Labute approximate surface area is 177 Å². The van der Waals surface area contributed by atoms with Crippen LogP contribution in [0.25, 0.3) is 0 Å². The number of piperidine rings is 3.